The van der Waals surface area contributed by atoms with Crippen LogP contribution < -0.4 is 4.90 Å². The van der Waals surface area contributed by atoms with Crippen LogP contribution in [-0.2, 0) is 6.42 Å². The molecular formula is C33H36N6. The first-order valence-corrected chi connectivity index (χ1v) is 13.6. The van der Waals surface area contributed by atoms with E-state index in [-0.39, 0.29) is 0 Å². The smallest absolute Gasteiger partial charge is 0.0887 e. The molecule has 0 fully saturated rings. The maximum Gasteiger partial charge on any atom is 0.0887 e. The Hall–Kier alpha value is -4.45. The van der Waals surface area contributed by atoms with Crippen molar-refractivity contribution in [3.8, 4) is 0 Å². The van der Waals surface area contributed by atoms with Gasteiger partial charge >= 0.3 is 0 Å². The zero-order valence-electron chi connectivity index (χ0n) is 23.2. The Kier molecular flexibility index (Phi) is 9.84. The number of aryl methyl sites for hydroxylation is 2. The third kappa shape index (κ3) is 8.01. The first-order chi connectivity index (χ1) is 19.1. The van der Waals surface area contributed by atoms with E-state index in [2.05, 4.69) is 87.5 Å². The van der Waals surface area contributed by atoms with Crippen LogP contribution in [0, 0.1) is 6.92 Å². The summed E-state index contributed by atoms with van der Waals surface area (Å²) >= 11 is 0. The summed E-state index contributed by atoms with van der Waals surface area (Å²) in [5.41, 5.74) is 8.68. The summed E-state index contributed by atoms with van der Waals surface area (Å²) in [7, 11) is 0. The summed E-state index contributed by atoms with van der Waals surface area (Å²) in [6.45, 7) is 10.5. The Morgan fingerprint density at radius 1 is 0.615 bits per heavy atom. The van der Waals surface area contributed by atoms with Crippen LogP contribution in [0.2, 0.25) is 0 Å². The Bertz CT molecular complexity index is 1420. The van der Waals surface area contributed by atoms with Gasteiger partial charge in [0.1, 0.15) is 0 Å². The van der Waals surface area contributed by atoms with E-state index in [9.17, 15) is 0 Å². The van der Waals surface area contributed by atoms with Crippen molar-refractivity contribution in [2.24, 2.45) is 25.4 Å². The van der Waals surface area contributed by atoms with Gasteiger partial charge in [-0.1, -0.05) is 37.6 Å². The molecule has 0 bridgehead atoms. The number of benzene rings is 4. The van der Waals surface area contributed by atoms with Gasteiger partial charge in [0.2, 0.25) is 0 Å². The van der Waals surface area contributed by atoms with Crippen molar-refractivity contribution in [3.05, 3.63) is 108 Å². The van der Waals surface area contributed by atoms with Crippen molar-refractivity contribution in [1.82, 2.24) is 0 Å². The number of anilines is 1. The lowest BCUT2D eigenvalue weighted by atomic mass is 10.1. The molecular weight excluding hydrogens is 480 g/mol. The lowest BCUT2D eigenvalue weighted by Crippen LogP contribution is -2.21. The van der Waals surface area contributed by atoms with E-state index in [1.54, 1.807) is 0 Å². The van der Waals surface area contributed by atoms with Gasteiger partial charge in [-0.2, -0.15) is 20.5 Å². The predicted molar refractivity (Wildman–Crippen MR) is 164 cm³/mol. The third-order valence-corrected chi connectivity index (χ3v) is 6.44. The van der Waals surface area contributed by atoms with Gasteiger partial charge in [-0.15, -0.1) is 0 Å². The molecule has 0 aliphatic carbocycles. The van der Waals surface area contributed by atoms with Gasteiger partial charge < -0.3 is 4.90 Å². The number of azo groups is 2. The topological polar surface area (TPSA) is 65.0 Å². The molecule has 0 saturated heterocycles. The van der Waals surface area contributed by atoms with E-state index in [1.807, 2.05) is 67.7 Å². The van der Waals surface area contributed by atoms with Crippen molar-refractivity contribution in [1.29, 1.82) is 0 Å². The van der Waals surface area contributed by atoms with Crippen LogP contribution in [0.3, 0.4) is 0 Å². The molecule has 0 N–H and O–H groups in total. The second-order valence-electron chi connectivity index (χ2n) is 9.33. The number of nitrogens with zero attached hydrogens (tertiary/aromatic N) is 6. The minimum absolute atomic E-state index is 0.780. The summed E-state index contributed by atoms with van der Waals surface area (Å²) in [5.74, 6) is 0. The highest BCUT2D eigenvalue weighted by atomic mass is 15.1. The summed E-state index contributed by atoms with van der Waals surface area (Å²) in [4.78, 5) is 6.88. The quantitative estimate of drug-likeness (QED) is 0.144. The summed E-state index contributed by atoms with van der Waals surface area (Å²) in [6.07, 6.45) is 4.12. The highest BCUT2D eigenvalue weighted by Gasteiger charge is 2.02. The fourth-order valence-electron chi connectivity index (χ4n) is 4.17. The third-order valence-electron chi connectivity index (χ3n) is 6.44. The number of rotatable bonds is 11. The normalized spacial score (nSPS) is 11.7. The van der Waals surface area contributed by atoms with E-state index in [0.29, 0.717) is 0 Å². The zero-order chi connectivity index (χ0) is 27.5. The summed E-state index contributed by atoms with van der Waals surface area (Å²) in [6, 6.07) is 30.2. The molecule has 0 aliphatic heterocycles. The number of hydrogen-bond donors (Lipinski definition) is 0. The van der Waals surface area contributed by atoms with Gasteiger partial charge in [-0.05, 0) is 111 Å². The molecule has 0 unspecified atom stereocenters. The fraction of sp³-hybridized carbons (Fsp3) is 0.242. The van der Waals surface area contributed by atoms with Crippen LogP contribution in [0.25, 0.3) is 0 Å². The average Bonchev–Trinajstić information content (AvgIpc) is 2.97. The van der Waals surface area contributed by atoms with Gasteiger partial charge in [0.15, 0.2) is 0 Å². The Labute approximate surface area is 231 Å². The van der Waals surface area contributed by atoms with Crippen LogP contribution in [0.4, 0.5) is 34.1 Å². The van der Waals surface area contributed by atoms with Crippen molar-refractivity contribution in [2.45, 2.75) is 40.5 Å². The highest BCUT2D eigenvalue weighted by Crippen LogP contribution is 2.28. The second-order valence-corrected chi connectivity index (χ2v) is 9.33. The molecule has 0 radical (unpaired) electrons. The largest absolute Gasteiger partial charge is 0.372 e. The molecule has 0 amide bonds. The van der Waals surface area contributed by atoms with Crippen LogP contribution in [0.1, 0.15) is 43.9 Å². The number of hydrogen-bond acceptors (Lipinski definition) is 6. The second kappa shape index (κ2) is 13.9. The predicted octanol–water partition coefficient (Wildman–Crippen LogP) is 10.4. The van der Waals surface area contributed by atoms with Gasteiger partial charge in [0, 0.05) is 25.0 Å². The molecule has 6 nitrogen and oxygen atoms in total. The minimum Gasteiger partial charge on any atom is -0.372 e. The van der Waals surface area contributed by atoms with E-state index in [4.69, 9.17) is 0 Å². The van der Waals surface area contributed by atoms with Gasteiger partial charge in [-0.3, -0.25) is 4.99 Å². The van der Waals surface area contributed by atoms with E-state index in [1.165, 1.54) is 11.3 Å². The Morgan fingerprint density at radius 2 is 1.18 bits per heavy atom. The zero-order valence-corrected chi connectivity index (χ0v) is 23.2. The lowest BCUT2D eigenvalue weighted by Gasteiger charge is -2.20. The van der Waals surface area contributed by atoms with Gasteiger partial charge in [-0.25, -0.2) is 0 Å². The lowest BCUT2D eigenvalue weighted by molar-refractivity contribution is 0.866. The Morgan fingerprint density at radius 3 is 1.79 bits per heavy atom. The van der Waals surface area contributed by atoms with Crippen molar-refractivity contribution in [3.63, 3.8) is 0 Å². The molecule has 0 atom stereocenters. The van der Waals surface area contributed by atoms with Crippen molar-refractivity contribution in [2.75, 3.05) is 18.0 Å². The molecule has 0 heterocycles. The van der Waals surface area contributed by atoms with E-state index >= 15 is 0 Å². The van der Waals surface area contributed by atoms with Gasteiger partial charge in [0.25, 0.3) is 0 Å². The van der Waals surface area contributed by atoms with Crippen LogP contribution in [0.5, 0.6) is 0 Å². The average molecular weight is 517 g/mol. The number of aliphatic imine (C=N–C) groups is 1. The van der Waals surface area contributed by atoms with Crippen molar-refractivity contribution >= 4 is 40.3 Å². The van der Waals surface area contributed by atoms with Crippen LogP contribution >= 0.6 is 0 Å². The molecule has 4 aromatic rings. The first kappa shape index (κ1) is 27.6. The summed E-state index contributed by atoms with van der Waals surface area (Å²) in [5, 5.41) is 17.6. The summed E-state index contributed by atoms with van der Waals surface area (Å²) < 4.78 is 0. The maximum absolute atomic E-state index is 4.58. The fourth-order valence-corrected chi connectivity index (χ4v) is 4.17. The molecule has 0 aromatic heterocycles. The molecule has 4 aromatic carbocycles. The first-order valence-electron chi connectivity index (χ1n) is 13.6. The minimum atomic E-state index is 0.780. The molecule has 0 spiro atoms. The molecule has 0 saturated carbocycles. The van der Waals surface area contributed by atoms with Gasteiger partial charge in [0.05, 0.1) is 28.4 Å². The Balaban J connectivity index is 1.35. The molecule has 4 rings (SSSR count). The molecule has 6 heteroatoms. The van der Waals surface area contributed by atoms with Crippen molar-refractivity contribution < 1.29 is 0 Å². The monoisotopic (exact) mass is 516 g/mol. The maximum atomic E-state index is 4.58. The SMILES string of the molecule is CCCc1ccc(N=Cc2ccc(N=Nc3ccc(N=Nc4ccc(N(CC)CC)cc4)cc3C)cc2)cc1. The highest BCUT2D eigenvalue weighted by molar-refractivity contribution is 5.82. The molecule has 198 valence electrons. The van der Waals surface area contributed by atoms with Crippen LogP contribution in [-0.4, -0.2) is 19.3 Å². The molecule has 39 heavy (non-hydrogen) atoms. The molecule has 0 aliphatic rings. The van der Waals surface area contributed by atoms with E-state index in [0.717, 1.165) is 65.5 Å². The standard InChI is InChI=1S/C33H36N6/c1-5-8-26-9-13-28(14-10-26)34-24-27-11-15-29(16-12-27)36-38-33-22-19-31(23-25(33)4)37-35-30-17-20-32(21-18-30)39(6-2)7-3/h9-24H,5-8H2,1-4H3. The van der Waals surface area contributed by atoms with Crippen LogP contribution in [0.15, 0.2) is 116 Å². The van der Waals surface area contributed by atoms with E-state index < -0.39 is 0 Å².